The second kappa shape index (κ2) is 11.8. The van der Waals surface area contributed by atoms with Gasteiger partial charge in [0.25, 0.3) is 0 Å². The fourth-order valence-corrected chi connectivity index (χ4v) is 4.04. The smallest absolute Gasteiger partial charge is 0.242 e. The number of amides is 2. The molecule has 1 atom stereocenters. The Morgan fingerprint density at radius 2 is 1.55 bits per heavy atom. The topological polar surface area (TPSA) is 49.4 Å². The fourth-order valence-electron chi connectivity index (χ4n) is 2.93. The van der Waals surface area contributed by atoms with Crippen molar-refractivity contribution >= 4 is 46.8 Å². The van der Waals surface area contributed by atoms with Gasteiger partial charge in [0.15, 0.2) is 0 Å². The van der Waals surface area contributed by atoms with Crippen LogP contribution in [0.1, 0.15) is 46.1 Å². The van der Waals surface area contributed by atoms with E-state index in [4.69, 9.17) is 23.2 Å². The first-order chi connectivity index (χ1) is 14.5. The number of hydrogen-bond donors (Lipinski definition) is 1. The minimum atomic E-state index is -0.577. The largest absolute Gasteiger partial charge is 0.350 e. The van der Waals surface area contributed by atoms with E-state index in [2.05, 4.69) is 5.32 Å². The van der Waals surface area contributed by atoms with Crippen molar-refractivity contribution in [3.05, 3.63) is 64.1 Å². The molecule has 0 saturated carbocycles. The SMILES string of the molecule is C[C@H](C(=O)NC(C)(C)C)N(Cc1ccc(Cl)cc1)C(=O)CCCSc1ccc(Cl)cc1. The highest BCUT2D eigenvalue weighted by Crippen LogP contribution is 2.22. The van der Waals surface area contributed by atoms with E-state index in [1.807, 2.05) is 57.2 Å². The highest BCUT2D eigenvalue weighted by atomic mass is 35.5. The van der Waals surface area contributed by atoms with Gasteiger partial charge in [-0.15, -0.1) is 11.8 Å². The first-order valence-corrected chi connectivity index (χ1v) is 12.0. The Kier molecular flexibility index (Phi) is 9.73. The standard InChI is InChI=1S/C24H30Cl2N2O2S/c1-17(23(30)27-24(2,3)4)28(16-18-7-9-19(25)10-8-18)22(29)6-5-15-31-21-13-11-20(26)12-14-21/h7-14,17H,5-6,15-16H2,1-4H3,(H,27,30)/t17-/m1/s1. The number of benzene rings is 2. The summed E-state index contributed by atoms with van der Waals surface area (Å²) in [5, 5.41) is 4.32. The number of thioether (sulfide) groups is 1. The zero-order valence-electron chi connectivity index (χ0n) is 18.5. The van der Waals surface area contributed by atoms with Crippen molar-refractivity contribution in [1.82, 2.24) is 10.2 Å². The van der Waals surface area contributed by atoms with Crippen molar-refractivity contribution in [3.63, 3.8) is 0 Å². The van der Waals surface area contributed by atoms with Gasteiger partial charge in [-0.1, -0.05) is 35.3 Å². The number of halogens is 2. The fraction of sp³-hybridized carbons (Fsp3) is 0.417. The van der Waals surface area contributed by atoms with Gasteiger partial charge in [-0.25, -0.2) is 0 Å². The van der Waals surface area contributed by atoms with Crippen LogP contribution >= 0.6 is 35.0 Å². The Hall–Kier alpha value is -1.69. The normalized spacial score (nSPS) is 12.3. The van der Waals surface area contributed by atoms with E-state index in [9.17, 15) is 9.59 Å². The lowest BCUT2D eigenvalue weighted by Gasteiger charge is -2.31. The summed E-state index contributed by atoms with van der Waals surface area (Å²) >= 11 is 13.6. The number of hydrogen-bond acceptors (Lipinski definition) is 3. The molecule has 0 radical (unpaired) electrons. The van der Waals surface area contributed by atoms with E-state index in [-0.39, 0.29) is 17.4 Å². The highest BCUT2D eigenvalue weighted by Gasteiger charge is 2.28. The lowest BCUT2D eigenvalue weighted by atomic mass is 10.1. The number of carbonyl (C=O) groups excluding carboxylic acids is 2. The molecule has 0 bridgehead atoms. The molecule has 1 N–H and O–H groups in total. The van der Waals surface area contributed by atoms with Crippen LogP contribution in [0.3, 0.4) is 0 Å². The molecule has 2 rings (SSSR count). The molecule has 0 spiro atoms. The first kappa shape index (κ1) is 25.6. The summed E-state index contributed by atoms with van der Waals surface area (Å²) in [6.07, 6.45) is 1.10. The quantitative estimate of drug-likeness (QED) is 0.343. The molecule has 168 valence electrons. The molecule has 0 aliphatic heterocycles. The molecule has 0 unspecified atom stereocenters. The van der Waals surface area contributed by atoms with Gasteiger partial charge in [0.1, 0.15) is 6.04 Å². The summed E-state index contributed by atoms with van der Waals surface area (Å²) in [6.45, 7) is 7.92. The Labute approximate surface area is 199 Å². The summed E-state index contributed by atoms with van der Waals surface area (Å²) in [7, 11) is 0. The summed E-state index contributed by atoms with van der Waals surface area (Å²) in [6, 6.07) is 14.4. The average molecular weight is 481 g/mol. The highest BCUT2D eigenvalue weighted by molar-refractivity contribution is 7.99. The Balaban J connectivity index is 2.01. The molecule has 2 aromatic rings. The predicted octanol–water partition coefficient (Wildman–Crippen LogP) is 6.20. The second-order valence-electron chi connectivity index (χ2n) is 8.47. The molecule has 0 heterocycles. The first-order valence-electron chi connectivity index (χ1n) is 10.3. The number of nitrogens with one attached hydrogen (secondary N) is 1. The Bertz CT molecular complexity index is 865. The molecule has 2 amide bonds. The Morgan fingerprint density at radius 3 is 2.10 bits per heavy atom. The third kappa shape index (κ3) is 9.14. The van der Waals surface area contributed by atoms with E-state index in [0.717, 1.165) is 22.6 Å². The molecule has 0 aliphatic rings. The molecule has 0 aromatic heterocycles. The number of rotatable bonds is 9. The van der Waals surface area contributed by atoms with Crippen molar-refractivity contribution in [1.29, 1.82) is 0 Å². The van der Waals surface area contributed by atoms with Gasteiger partial charge >= 0.3 is 0 Å². The van der Waals surface area contributed by atoms with Crippen LogP contribution in [0.25, 0.3) is 0 Å². The average Bonchev–Trinajstić information content (AvgIpc) is 2.70. The summed E-state index contributed by atoms with van der Waals surface area (Å²) in [5.74, 6) is 0.610. The van der Waals surface area contributed by atoms with Crippen molar-refractivity contribution < 1.29 is 9.59 Å². The van der Waals surface area contributed by atoms with Crippen molar-refractivity contribution in [2.24, 2.45) is 0 Å². The molecule has 7 heteroatoms. The van der Waals surface area contributed by atoms with Crippen LogP contribution < -0.4 is 5.32 Å². The number of carbonyl (C=O) groups is 2. The van der Waals surface area contributed by atoms with Crippen LogP contribution in [0.5, 0.6) is 0 Å². The third-order valence-electron chi connectivity index (χ3n) is 4.55. The monoisotopic (exact) mass is 480 g/mol. The van der Waals surface area contributed by atoms with E-state index >= 15 is 0 Å². The maximum Gasteiger partial charge on any atom is 0.242 e. The molecule has 0 saturated heterocycles. The van der Waals surface area contributed by atoms with Crippen LogP contribution in [0, 0.1) is 0 Å². The van der Waals surface area contributed by atoms with Gasteiger partial charge in [-0.2, -0.15) is 0 Å². The summed E-state index contributed by atoms with van der Waals surface area (Å²) < 4.78 is 0. The van der Waals surface area contributed by atoms with E-state index in [1.54, 1.807) is 35.7 Å². The maximum absolute atomic E-state index is 13.1. The van der Waals surface area contributed by atoms with Crippen molar-refractivity contribution in [2.45, 2.75) is 63.6 Å². The van der Waals surface area contributed by atoms with Crippen LogP contribution in [-0.4, -0.2) is 34.0 Å². The summed E-state index contributed by atoms with van der Waals surface area (Å²) in [4.78, 5) is 28.6. The second-order valence-corrected chi connectivity index (χ2v) is 10.5. The molecule has 0 fully saturated rings. The summed E-state index contributed by atoms with van der Waals surface area (Å²) in [5.41, 5.74) is 0.568. The molecular formula is C24H30Cl2N2O2S. The molecule has 4 nitrogen and oxygen atoms in total. The lowest BCUT2D eigenvalue weighted by Crippen LogP contribution is -2.52. The zero-order valence-corrected chi connectivity index (χ0v) is 20.8. The van der Waals surface area contributed by atoms with Gasteiger partial charge in [0.05, 0.1) is 0 Å². The van der Waals surface area contributed by atoms with Crippen molar-refractivity contribution in [2.75, 3.05) is 5.75 Å². The molecule has 31 heavy (non-hydrogen) atoms. The minimum absolute atomic E-state index is 0.0387. The van der Waals surface area contributed by atoms with Crippen LogP contribution in [0.15, 0.2) is 53.4 Å². The van der Waals surface area contributed by atoms with Crippen LogP contribution in [0.2, 0.25) is 10.0 Å². The van der Waals surface area contributed by atoms with Gasteiger partial charge in [-0.3, -0.25) is 9.59 Å². The van der Waals surface area contributed by atoms with E-state index in [1.165, 1.54) is 0 Å². The third-order valence-corrected chi connectivity index (χ3v) is 6.15. The van der Waals surface area contributed by atoms with Gasteiger partial charge in [0, 0.05) is 33.4 Å². The predicted molar refractivity (Wildman–Crippen MR) is 131 cm³/mol. The van der Waals surface area contributed by atoms with Crippen LogP contribution in [-0.2, 0) is 16.1 Å². The van der Waals surface area contributed by atoms with Crippen LogP contribution in [0.4, 0.5) is 0 Å². The van der Waals surface area contributed by atoms with Crippen molar-refractivity contribution in [3.8, 4) is 0 Å². The lowest BCUT2D eigenvalue weighted by molar-refractivity contribution is -0.141. The molecule has 0 aliphatic carbocycles. The maximum atomic E-state index is 13.1. The van der Waals surface area contributed by atoms with Gasteiger partial charge in [0.2, 0.25) is 11.8 Å². The number of nitrogens with zero attached hydrogens (tertiary/aromatic N) is 1. The molecule has 2 aromatic carbocycles. The Morgan fingerprint density at radius 1 is 1.00 bits per heavy atom. The van der Waals surface area contributed by atoms with Gasteiger partial charge < -0.3 is 10.2 Å². The van der Waals surface area contributed by atoms with E-state index < -0.39 is 6.04 Å². The minimum Gasteiger partial charge on any atom is -0.350 e. The van der Waals surface area contributed by atoms with Gasteiger partial charge in [-0.05, 0) is 81.8 Å². The molecular weight excluding hydrogens is 451 g/mol. The zero-order chi connectivity index (χ0) is 23.0. The van der Waals surface area contributed by atoms with E-state index in [0.29, 0.717) is 23.0 Å².